The molecule has 2 N–H and O–H groups in total. The van der Waals surface area contributed by atoms with Crippen molar-refractivity contribution in [2.75, 3.05) is 0 Å². The lowest BCUT2D eigenvalue weighted by atomic mass is 10.0. The molecule has 8 heteroatoms. The number of benzene rings is 2. The molecule has 0 unspecified atom stereocenters. The van der Waals surface area contributed by atoms with Crippen molar-refractivity contribution in [3.05, 3.63) is 76.0 Å². The second kappa shape index (κ2) is 6.56. The van der Waals surface area contributed by atoms with E-state index < -0.39 is 17.0 Å². The van der Waals surface area contributed by atoms with Crippen molar-refractivity contribution in [1.29, 1.82) is 0 Å². The van der Waals surface area contributed by atoms with Crippen molar-refractivity contribution < 1.29 is 14.5 Å². The van der Waals surface area contributed by atoms with Crippen molar-refractivity contribution >= 4 is 28.5 Å². The molecule has 2 heterocycles. The summed E-state index contributed by atoms with van der Waals surface area (Å²) in [5.41, 5.74) is 2.37. The van der Waals surface area contributed by atoms with Crippen LogP contribution in [0.3, 0.4) is 0 Å². The maximum atomic E-state index is 12.7. The number of carbonyl (C=O) groups is 2. The van der Waals surface area contributed by atoms with Crippen molar-refractivity contribution in [2.24, 2.45) is 0 Å². The second-order valence-corrected chi connectivity index (χ2v) is 6.42. The molecule has 1 saturated heterocycles. The number of fused-ring (bicyclic) bond motifs is 1. The van der Waals surface area contributed by atoms with Gasteiger partial charge in [-0.2, -0.15) is 0 Å². The number of carbonyl (C=O) groups excluding carboxylic acids is 2. The van der Waals surface area contributed by atoms with Gasteiger partial charge in [0.1, 0.15) is 6.04 Å². The van der Waals surface area contributed by atoms with E-state index in [0.717, 1.165) is 21.4 Å². The number of rotatable bonds is 5. The Kier molecular flexibility index (Phi) is 4.08. The average Bonchev–Trinajstić information content (AvgIpc) is 3.19. The van der Waals surface area contributed by atoms with E-state index in [9.17, 15) is 19.7 Å². The molecule has 136 valence electrons. The van der Waals surface area contributed by atoms with Crippen molar-refractivity contribution in [3.8, 4) is 0 Å². The van der Waals surface area contributed by atoms with E-state index in [4.69, 9.17) is 0 Å². The summed E-state index contributed by atoms with van der Waals surface area (Å²) in [6.07, 6.45) is 2.22. The third-order valence-corrected chi connectivity index (χ3v) is 4.67. The number of non-ortho nitro benzene ring substituents is 1. The van der Waals surface area contributed by atoms with Crippen molar-refractivity contribution in [2.45, 2.75) is 19.0 Å². The summed E-state index contributed by atoms with van der Waals surface area (Å²) >= 11 is 0. The van der Waals surface area contributed by atoms with Gasteiger partial charge in [-0.25, -0.2) is 4.79 Å². The summed E-state index contributed by atoms with van der Waals surface area (Å²) in [7, 11) is 0. The number of H-pyrrole nitrogens is 1. The summed E-state index contributed by atoms with van der Waals surface area (Å²) in [5, 5.41) is 14.6. The Morgan fingerprint density at radius 3 is 2.74 bits per heavy atom. The number of hydrogen-bond acceptors (Lipinski definition) is 4. The summed E-state index contributed by atoms with van der Waals surface area (Å²) < 4.78 is 0. The molecule has 0 aliphatic carbocycles. The fourth-order valence-corrected chi connectivity index (χ4v) is 3.34. The average molecular weight is 364 g/mol. The van der Waals surface area contributed by atoms with Crippen LogP contribution in [0.5, 0.6) is 0 Å². The Labute approximate surface area is 153 Å². The minimum atomic E-state index is -0.657. The minimum absolute atomic E-state index is 0.00324. The van der Waals surface area contributed by atoms with Gasteiger partial charge in [0, 0.05) is 35.7 Å². The highest BCUT2D eigenvalue weighted by molar-refractivity contribution is 6.04. The van der Waals surface area contributed by atoms with Crippen LogP contribution in [-0.4, -0.2) is 32.8 Å². The molecule has 1 aromatic heterocycles. The smallest absolute Gasteiger partial charge is 0.325 e. The first-order valence-corrected chi connectivity index (χ1v) is 8.43. The van der Waals surface area contributed by atoms with Gasteiger partial charge in [-0.1, -0.05) is 30.3 Å². The van der Waals surface area contributed by atoms with E-state index in [2.05, 4.69) is 10.3 Å². The van der Waals surface area contributed by atoms with Gasteiger partial charge in [0.05, 0.1) is 11.5 Å². The zero-order valence-electron chi connectivity index (χ0n) is 14.2. The molecule has 1 fully saturated rings. The third kappa shape index (κ3) is 3.12. The van der Waals surface area contributed by atoms with Crippen LogP contribution in [0.4, 0.5) is 10.5 Å². The minimum Gasteiger partial charge on any atom is -0.361 e. The Hall–Kier alpha value is -3.68. The van der Waals surface area contributed by atoms with Crippen LogP contribution in [0, 0.1) is 10.1 Å². The first-order chi connectivity index (χ1) is 13.0. The van der Waals surface area contributed by atoms with Gasteiger partial charge in [-0.05, 0) is 17.2 Å². The summed E-state index contributed by atoms with van der Waals surface area (Å²) in [5.74, 6) is -0.336. The Morgan fingerprint density at radius 1 is 1.11 bits per heavy atom. The SMILES string of the molecule is O=C1N[C@H](Cc2c[nH]c3ccccc23)C(=O)N1Cc1cccc([N+](=O)[O-])c1. The summed E-state index contributed by atoms with van der Waals surface area (Å²) in [6, 6.07) is 12.5. The molecule has 3 aromatic rings. The van der Waals surface area contributed by atoms with Crippen LogP contribution in [-0.2, 0) is 17.8 Å². The molecule has 1 aliphatic heterocycles. The molecule has 8 nitrogen and oxygen atoms in total. The lowest BCUT2D eigenvalue weighted by Crippen LogP contribution is -2.32. The first kappa shape index (κ1) is 16.8. The highest BCUT2D eigenvalue weighted by Gasteiger charge is 2.38. The Balaban J connectivity index is 1.52. The van der Waals surface area contributed by atoms with E-state index in [1.165, 1.54) is 18.2 Å². The number of nitrogens with zero attached hydrogens (tertiary/aromatic N) is 2. The quantitative estimate of drug-likeness (QED) is 0.412. The fraction of sp³-hybridized carbons (Fsp3) is 0.158. The largest absolute Gasteiger partial charge is 0.361 e. The van der Waals surface area contributed by atoms with Crippen molar-refractivity contribution in [1.82, 2.24) is 15.2 Å². The molecule has 2 aromatic carbocycles. The topological polar surface area (TPSA) is 108 Å². The molecule has 3 amide bonds. The number of aromatic amines is 1. The maximum absolute atomic E-state index is 12.7. The number of amides is 3. The van der Waals surface area contributed by atoms with Gasteiger partial charge >= 0.3 is 6.03 Å². The Bertz CT molecular complexity index is 1060. The summed E-state index contributed by atoms with van der Waals surface area (Å²) in [6.45, 7) is -0.00324. The van der Waals surface area contributed by atoms with E-state index in [-0.39, 0.29) is 18.1 Å². The molecule has 0 radical (unpaired) electrons. The predicted octanol–water partition coefficient (Wildman–Crippen LogP) is 2.74. The lowest BCUT2D eigenvalue weighted by molar-refractivity contribution is -0.384. The van der Waals surface area contributed by atoms with Gasteiger partial charge in [0.2, 0.25) is 0 Å². The monoisotopic (exact) mass is 364 g/mol. The molecular weight excluding hydrogens is 348 g/mol. The van der Waals surface area contributed by atoms with Crippen LogP contribution in [0.1, 0.15) is 11.1 Å². The predicted molar refractivity (Wildman–Crippen MR) is 98.0 cm³/mol. The number of imide groups is 1. The zero-order chi connectivity index (χ0) is 19.0. The zero-order valence-corrected chi connectivity index (χ0v) is 14.2. The molecule has 1 atom stereocenters. The number of nitro benzene ring substituents is 1. The number of urea groups is 1. The van der Waals surface area contributed by atoms with Crippen LogP contribution < -0.4 is 5.32 Å². The van der Waals surface area contributed by atoms with Crippen molar-refractivity contribution in [3.63, 3.8) is 0 Å². The van der Waals surface area contributed by atoms with Gasteiger partial charge in [0.15, 0.2) is 0 Å². The van der Waals surface area contributed by atoms with Crippen LogP contribution >= 0.6 is 0 Å². The molecule has 1 aliphatic rings. The highest BCUT2D eigenvalue weighted by atomic mass is 16.6. The maximum Gasteiger partial charge on any atom is 0.325 e. The Morgan fingerprint density at radius 2 is 1.93 bits per heavy atom. The molecule has 4 rings (SSSR count). The van der Waals surface area contributed by atoms with Crippen LogP contribution in [0.2, 0.25) is 0 Å². The molecule has 0 bridgehead atoms. The molecular formula is C19H16N4O4. The van der Waals surface area contributed by atoms with Crippen LogP contribution in [0.15, 0.2) is 54.7 Å². The van der Waals surface area contributed by atoms with Gasteiger partial charge < -0.3 is 10.3 Å². The van der Waals surface area contributed by atoms with E-state index in [0.29, 0.717) is 12.0 Å². The van der Waals surface area contributed by atoms with Gasteiger partial charge in [-0.15, -0.1) is 0 Å². The molecule has 27 heavy (non-hydrogen) atoms. The summed E-state index contributed by atoms with van der Waals surface area (Å²) in [4.78, 5) is 39.6. The first-order valence-electron chi connectivity index (χ1n) is 8.43. The number of nitrogens with one attached hydrogen (secondary N) is 2. The molecule has 0 spiro atoms. The van der Waals surface area contributed by atoms with E-state index >= 15 is 0 Å². The number of nitro groups is 1. The van der Waals surface area contributed by atoms with E-state index in [1.54, 1.807) is 6.07 Å². The fourth-order valence-electron chi connectivity index (χ4n) is 3.34. The number of hydrogen-bond donors (Lipinski definition) is 2. The van der Waals surface area contributed by atoms with Crippen LogP contribution in [0.25, 0.3) is 10.9 Å². The second-order valence-electron chi connectivity index (χ2n) is 6.42. The van der Waals surface area contributed by atoms with Gasteiger partial charge in [0.25, 0.3) is 11.6 Å². The number of aromatic nitrogens is 1. The third-order valence-electron chi connectivity index (χ3n) is 4.67. The van der Waals surface area contributed by atoms with Gasteiger partial charge in [-0.3, -0.25) is 19.8 Å². The normalized spacial score (nSPS) is 16.7. The highest BCUT2D eigenvalue weighted by Crippen LogP contribution is 2.22. The standard InChI is InChI=1S/C19H16N4O4/c24-18-17(9-13-10-20-16-7-2-1-6-15(13)16)21-19(25)22(18)11-12-4-3-5-14(8-12)23(26)27/h1-8,10,17,20H,9,11H2,(H,21,25)/t17-/m1/s1. The number of para-hydroxylation sites is 1. The lowest BCUT2D eigenvalue weighted by Gasteiger charge is -2.13. The van der Waals surface area contributed by atoms with E-state index in [1.807, 2.05) is 30.5 Å². The molecule has 0 saturated carbocycles.